The van der Waals surface area contributed by atoms with E-state index in [-0.39, 0.29) is 6.61 Å². The lowest BCUT2D eigenvalue weighted by atomic mass is 10.1. The van der Waals surface area contributed by atoms with Gasteiger partial charge in [-0.1, -0.05) is 60.3 Å². The molecule has 0 bridgehead atoms. The first kappa shape index (κ1) is 16.3. The Labute approximate surface area is 135 Å². The van der Waals surface area contributed by atoms with Gasteiger partial charge < -0.3 is 5.11 Å². The highest BCUT2D eigenvalue weighted by molar-refractivity contribution is 8.03. The lowest BCUT2D eigenvalue weighted by Crippen LogP contribution is -1.88. The molecule has 0 aromatic heterocycles. The van der Waals surface area contributed by atoms with E-state index in [1.54, 1.807) is 11.8 Å². The summed E-state index contributed by atoms with van der Waals surface area (Å²) >= 11 is 1.62. The van der Waals surface area contributed by atoms with Crippen molar-refractivity contribution in [2.24, 2.45) is 0 Å². The molecule has 22 heavy (non-hydrogen) atoms. The van der Waals surface area contributed by atoms with E-state index in [9.17, 15) is 4.79 Å². The van der Waals surface area contributed by atoms with Gasteiger partial charge in [0.1, 0.15) is 5.94 Å². The third-order valence-electron chi connectivity index (χ3n) is 3.07. The van der Waals surface area contributed by atoms with Gasteiger partial charge in [-0.25, -0.2) is 4.79 Å². The van der Waals surface area contributed by atoms with Crippen LogP contribution in [0.1, 0.15) is 18.4 Å². The minimum Gasteiger partial charge on any atom is -0.396 e. The van der Waals surface area contributed by atoms with Gasteiger partial charge in [0.2, 0.25) is 0 Å². The Morgan fingerprint density at radius 3 is 2.27 bits per heavy atom. The molecular weight excluding hydrogens is 292 g/mol. The Bertz CT molecular complexity index is 656. The number of allylic oxidation sites excluding steroid dienone is 3. The maximum absolute atomic E-state index is 11.3. The number of hydrogen-bond acceptors (Lipinski definition) is 3. The van der Waals surface area contributed by atoms with E-state index in [0.717, 1.165) is 21.8 Å². The fraction of sp³-hybridized carbons (Fsp3) is 0.158. The lowest BCUT2D eigenvalue weighted by Gasteiger charge is -2.07. The van der Waals surface area contributed by atoms with Gasteiger partial charge in [-0.15, -0.1) is 0 Å². The van der Waals surface area contributed by atoms with E-state index in [2.05, 4.69) is 0 Å². The minimum atomic E-state index is 0.137. The molecule has 2 aromatic rings. The van der Waals surface area contributed by atoms with Crippen molar-refractivity contribution < 1.29 is 9.90 Å². The second-order valence-electron chi connectivity index (χ2n) is 4.73. The third kappa shape index (κ3) is 5.05. The highest BCUT2D eigenvalue weighted by Gasteiger charge is 2.05. The van der Waals surface area contributed by atoms with Gasteiger partial charge in [-0.2, -0.15) is 0 Å². The molecule has 0 aliphatic rings. The molecule has 0 saturated carbocycles. The number of rotatable bonds is 7. The van der Waals surface area contributed by atoms with E-state index in [4.69, 9.17) is 5.11 Å². The fourth-order valence-electron chi connectivity index (χ4n) is 2.00. The molecule has 112 valence electrons. The Kier molecular flexibility index (Phi) is 6.72. The quantitative estimate of drug-likeness (QED) is 0.469. The van der Waals surface area contributed by atoms with Crippen LogP contribution in [0.5, 0.6) is 0 Å². The zero-order chi connectivity index (χ0) is 15.6. The molecule has 2 nitrogen and oxygen atoms in total. The first-order valence-corrected chi connectivity index (χ1v) is 8.00. The molecule has 2 aromatic carbocycles. The summed E-state index contributed by atoms with van der Waals surface area (Å²) in [5.41, 5.74) is 1.39. The number of hydrogen-bond donors (Lipinski definition) is 1. The van der Waals surface area contributed by atoms with Crippen LogP contribution in [0.3, 0.4) is 0 Å². The normalized spacial score (nSPS) is 11.0. The molecule has 0 amide bonds. The van der Waals surface area contributed by atoms with Crippen molar-refractivity contribution in [2.45, 2.75) is 17.7 Å². The molecular formula is C19H18O2S. The van der Waals surface area contributed by atoms with E-state index >= 15 is 0 Å². The number of benzene rings is 2. The largest absolute Gasteiger partial charge is 0.396 e. The molecule has 0 fully saturated rings. The summed E-state index contributed by atoms with van der Waals surface area (Å²) in [7, 11) is 0. The van der Waals surface area contributed by atoms with Crippen molar-refractivity contribution in [1.82, 2.24) is 0 Å². The Morgan fingerprint density at radius 2 is 1.68 bits per heavy atom. The van der Waals surface area contributed by atoms with Crippen molar-refractivity contribution in [3.8, 4) is 0 Å². The Morgan fingerprint density at radius 1 is 1.05 bits per heavy atom. The van der Waals surface area contributed by atoms with E-state index in [0.29, 0.717) is 12.0 Å². The van der Waals surface area contributed by atoms with Gasteiger partial charge in [-0.05, 0) is 41.5 Å². The molecule has 1 N–H and O–H groups in total. The second kappa shape index (κ2) is 9.06. The van der Waals surface area contributed by atoms with Gasteiger partial charge >= 0.3 is 0 Å². The van der Waals surface area contributed by atoms with E-state index < -0.39 is 0 Å². The van der Waals surface area contributed by atoms with Crippen LogP contribution in [-0.2, 0) is 4.79 Å². The van der Waals surface area contributed by atoms with Crippen molar-refractivity contribution in [2.75, 3.05) is 6.61 Å². The third-order valence-corrected chi connectivity index (χ3v) is 4.17. The average molecular weight is 310 g/mol. The molecule has 0 heterocycles. The first-order valence-electron chi connectivity index (χ1n) is 7.18. The summed E-state index contributed by atoms with van der Waals surface area (Å²) in [4.78, 5) is 13.5. The van der Waals surface area contributed by atoms with Crippen molar-refractivity contribution >= 4 is 23.3 Å². The molecule has 0 aliphatic carbocycles. The zero-order valence-corrected chi connectivity index (χ0v) is 13.1. The van der Waals surface area contributed by atoms with E-state index in [1.165, 1.54) is 0 Å². The fourth-order valence-corrected chi connectivity index (χ4v) is 3.02. The van der Waals surface area contributed by atoms with Crippen LogP contribution < -0.4 is 0 Å². The summed E-state index contributed by atoms with van der Waals surface area (Å²) in [5, 5.41) is 9.07. The molecule has 2 rings (SSSR count). The Hall–Kier alpha value is -2.06. The zero-order valence-electron chi connectivity index (χ0n) is 12.2. The second-order valence-corrected chi connectivity index (χ2v) is 5.93. The Balaban J connectivity index is 2.25. The van der Waals surface area contributed by atoms with Crippen molar-refractivity contribution in [1.29, 1.82) is 0 Å². The minimum absolute atomic E-state index is 0.137. The molecule has 0 radical (unpaired) electrons. The lowest BCUT2D eigenvalue weighted by molar-refractivity contribution is 0.289. The van der Waals surface area contributed by atoms with Crippen LogP contribution in [0.4, 0.5) is 0 Å². The summed E-state index contributed by atoms with van der Waals surface area (Å²) in [6, 6.07) is 19.5. The summed E-state index contributed by atoms with van der Waals surface area (Å²) in [6.45, 7) is 0.137. The van der Waals surface area contributed by atoms with Crippen molar-refractivity contribution in [3.63, 3.8) is 0 Å². The SMILES string of the molecule is O=C=C(/C=C(\CCCO)Sc1ccccc1)c1ccccc1. The van der Waals surface area contributed by atoms with Gasteiger partial charge in [-0.3, -0.25) is 0 Å². The molecule has 0 unspecified atom stereocenters. The summed E-state index contributed by atoms with van der Waals surface area (Å²) in [6.07, 6.45) is 3.27. The maximum atomic E-state index is 11.3. The highest BCUT2D eigenvalue weighted by atomic mass is 32.2. The maximum Gasteiger partial charge on any atom is 0.133 e. The summed E-state index contributed by atoms with van der Waals surface area (Å²) < 4.78 is 0. The average Bonchev–Trinajstić information content (AvgIpc) is 2.59. The van der Waals surface area contributed by atoms with E-state index in [1.807, 2.05) is 72.7 Å². The van der Waals surface area contributed by atoms with Gasteiger partial charge in [0, 0.05) is 11.5 Å². The topological polar surface area (TPSA) is 37.3 Å². The van der Waals surface area contributed by atoms with Gasteiger partial charge in [0.15, 0.2) is 0 Å². The molecule has 0 atom stereocenters. The molecule has 0 spiro atoms. The van der Waals surface area contributed by atoms with Gasteiger partial charge in [0.05, 0.1) is 5.57 Å². The van der Waals surface area contributed by atoms with Crippen LogP contribution >= 0.6 is 11.8 Å². The van der Waals surface area contributed by atoms with Crippen LogP contribution in [0, 0.1) is 0 Å². The number of aliphatic hydroxyl groups excluding tert-OH is 1. The van der Waals surface area contributed by atoms with Crippen LogP contribution in [-0.4, -0.2) is 17.7 Å². The predicted molar refractivity (Wildman–Crippen MR) is 92.2 cm³/mol. The number of thioether (sulfide) groups is 1. The van der Waals surface area contributed by atoms with Crippen molar-refractivity contribution in [3.05, 3.63) is 77.2 Å². The van der Waals surface area contributed by atoms with Crippen LogP contribution in [0.25, 0.3) is 5.57 Å². The molecule has 0 aliphatic heterocycles. The van der Waals surface area contributed by atoms with Crippen LogP contribution in [0.2, 0.25) is 0 Å². The first-order chi connectivity index (χ1) is 10.8. The predicted octanol–water partition coefficient (Wildman–Crippen LogP) is 4.35. The highest BCUT2D eigenvalue weighted by Crippen LogP contribution is 2.31. The number of carbonyl (C=O) groups excluding carboxylic acids is 1. The number of aliphatic hydroxyl groups is 1. The monoisotopic (exact) mass is 310 g/mol. The van der Waals surface area contributed by atoms with Gasteiger partial charge in [0.25, 0.3) is 0 Å². The molecule has 3 heteroatoms. The standard InChI is InChI=1S/C19H18O2S/c20-13-7-12-19(22-18-10-5-2-6-11-18)14-17(15-21)16-8-3-1-4-9-16/h1-6,8-11,14,20H,7,12-13H2/b19-14+. The molecule has 0 saturated heterocycles. The van der Waals surface area contributed by atoms with Crippen LogP contribution in [0.15, 0.2) is 76.5 Å². The summed E-state index contributed by atoms with van der Waals surface area (Å²) in [5.74, 6) is 2.03. The smallest absolute Gasteiger partial charge is 0.133 e.